The number of carboxylic acids is 1. The number of ether oxygens (including phenoxy) is 1. The van der Waals surface area contributed by atoms with Crippen molar-refractivity contribution in [3.8, 4) is 0 Å². The number of amides is 1. The van der Waals surface area contributed by atoms with Gasteiger partial charge in [0.25, 0.3) is 0 Å². The largest absolute Gasteiger partial charge is 0.544 e. The van der Waals surface area contributed by atoms with Crippen LogP contribution in [0.3, 0.4) is 0 Å². The number of carboxylic acid groups (broad SMARTS) is 1. The normalized spacial score (nSPS) is 11.6. The average molecular weight is 443 g/mol. The predicted octanol–water partition coefficient (Wildman–Crippen LogP) is 3.82. The van der Waals surface area contributed by atoms with E-state index >= 15 is 0 Å². The third-order valence-electron chi connectivity index (χ3n) is 5.65. The Morgan fingerprint density at radius 1 is 0.774 bits per heavy atom. The van der Waals surface area contributed by atoms with E-state index in [4.69, 9.17) is 4.74 Å². The zero-order chi connectivity index (χ0) is 23.2. The van der Waals surface area contributed by atoms with Crippen LogP contribution in [0.25, 0.3) is 0 Å². The molecule has 184 valence electrons. The van der Waals surface area contributed by atoms with E-state index in [2.05, 4.69) is 12.2 Å². The highest BCUT2D eigenvalue weighted by Gasteiger charge is 2.14. The lowest BCUT2D eigenvalue weighted by Gasteiger charge is -2.30. The van der Waals surface area contributed by atoms with Gasteiger partial charge >= 0.3 is 0 Å². The molecular weight excluding hydrogens is 392 g/mol. The SMILES string of the molecule is CCCCCCCCCCCCCOCCCCC(=O)NCCC[N+](C)(C)CC(=O)[O-]. The molecule has 31 heavy (non-hydrogen) atoms. The summed E-state index contributed by atoms with van der Waals surface area (Å²) >= 11 is 0. The number of rotatable bonds is 23. The molecule has 1 amide bonds. The lowest BCUT2D eigenvalue weighted by atomic mass is 10.1. The molecule has 0 aliphatic rings. The first-order valence-corrected chi connectivity index (χ1v) is 12.7. The molecule has 0 aliphatic carbocycles. The number of carbonyl (C=O) groups is 2. The highest BCUT2D eigenvalue weighted by molar-refractivity contribution is 5.75. The second-order valence-electron chi connectivity index (χ2n) is 9.50. The van der Waals surface area contributed by atoms with Crippen molar-refractivity contribution >= 4 is 11.9 Å². The van der Waals surface area contributed by atoms with Crippen molar-refractivity contribution in [1.29, 1.82) is 0 Å². The minimum Gasteiger partial charge on any atom is -0.544 e. The second kappa shape index (κ2) is 20.7. The molecule has 0 heterocycles. The van der Waals surface area contributed by atoms with Crippen LogP contribution in [-0.2, 0) is 14.3 Å². The number of aliphatic carboxylic acids is 1. The van der Waals surface area contributed by atoms with Gasteiger partial charge in [0.15, 0.2) is 0 Å². The number of likely N-dealkylation sites (N-methyl/N-ethyl adjacent to an activating group) is 1. The van der Waals surface area contributed by atoms with Gasteiger partial charge in [-0.15, -0.1) is 0 Å². The van der Waals surface area contributed by atoms with E-state index < -0.39 is 5.97 Å². The number of nitrogens with one attached hydrogen (secondary N) is 1. The van der Waals surface area contributed by atoms with E-state index in [0.29, 0.717) is 24.0 Å². The summed E-state index contributed by atoms with van der Waals surface area (Å²) in [5.41, 5.74) is 0. The van der Waals surface area contributed by atoms with Gasteiger partial charge in [-0.05, 0) is 19.3 Å². The van der Waals surface area contributed by atoms with Crippen LogP contribution in [0.5, 0.6) is 0 Å². The first-order valence-electron chi connectivity index (χ1n) is 12.7. The van der Waals surface area contributed by atoms with Gasteiger partial charge in [0, 0.05) is 32.6 Å². The monoisotopic (exact) mass is 442 g/mol. The molecule has 0 aromatic heterocycles. The molecule has 6 heteroatoms. The Balaban J connectivity index is 3.29. The first kappa shape index (κ1) is 29.9. The smallest absolute Gasteiger partial charge is 0.219 e. The van der Waals surface area contributed by atoms with Crippen LogP contribution in [0.1, 0.15) is 103 Å². The quantitative estimate of drug-likeness (QED) is 0.193. The van der Waals surface area contributed by atoms with Crippen molar-refractivity contribution in [3.05, 3.63) is 0 Å². The Hall–Kier alpha value is -1.14. The van der Waals surface area contributed by atoms with Crippen LogP contribution >= 0.6 is 0 Å². The Morgan fingerprint density at radius 3 is 1.84 bits per heavy atom. The number of quaternary nitrogens is 1. The van der Waals surface area contributed by atoms with Gasteiger partial charge in [-0.2, -0.15) is 0 Å². The predicted molar refractivity (Wildman–Crippen MR) is 126 cm³/mol. The van der Waals surface area contributed by atoms with Crippen molar-refractivity contribution in [1.82, 2.24) is 5.32 Å². The van der Waals surface area contributed by atoms with E-state index in [-0.39, 0.29) is 12.5 Å². The maximum absolute atomic E-state index is 11.8. The molecule has 0 aromatic rings. The summed E-state index contributed by atoms with van der Waals surface area (Å²) in [6.45, 7) is 5.11. The third-order valence-corrected chi connectivity index (χ3v) is 5.65. The van der Waals surface area contributed by atoms with Crippen LogP contribution in [-0.4, -0.2) is 63.3 Å². The van der Waals surface area contributed by atoms with E-state index in [1.54, 1.807) is 0 Å². The number of hydrogen-bond donors (Lipinski definition) is 1. The van der Waals surface area contributed by atoms with Gasteiger partial charge in [-0.3, -0.25) is 4.79 Å². The van der Waals surface area contributed by atoms with Gasteiger partial charge in [0.05, 0.1) is 26.6 Å². The summed E-state index contributed by atoms with van der Waals surface area (Å²) in [6.07, 6.45) is 17.8. The molecule has 0 radical (unpaired) electrons. The Bertz CT molecular complexity index is 441. The lowest BCUT2D eigenvalue weighted by Crippen LogP contribution is -2.49. The maximum Gasteiger partial charge on any atom is 0.219 e. The highest BCUT2D eigenvalue weighted by atomic mass is 16.5. The van der Waals surface area contributed by atoms with Crippen molar-refractivity contribution in [2.75, 3.05) is 46.9 Å². The Kier molecular flexibility index (Phi) is 20.0. The second-order valence-corrected chi connectivity index (χ2v) is 9.50. The summed E-state index contributed by atoms with van der Waals surface area (Å²) in [5, 5.41) is 13.6. The summed E-state index contributed by atoms with van der Waals surface area (Å²) in [7, 11) is 3.71. The number of hydrogen-bond acceptors (Lipinski definition) is 4. The number of nitrogens with zero attached hydrogens (tertiary/aromatic N) is 1. The summed E-state index contributed by atoms with van der Waals surface area (Å²) in [4.78, 5) is 22.5. The van der Waals surface area contributed by atoms with Gasteiger partial charge in [0.2, 0.25) is 5.91 Å². The third kappa shape index (κ3) is 23.4. The van der Waals surface area contributed by atoms with Gasteiger partial charge in [-0.1, -0.05) is 71.1 Å². The lowest BCUT2D eigenvalue weighted by molar-refractivity contribution is -0.884. The maximum atomic E-state index is 11.8. The van der Waals surface area contributed by atoms with Gasteiger partial charge < -0.3 is 24.4 Å². The van der Waals surface area contributed by atoms with Crippen LogP contribution < -0.4 is 10.4 Å². The van der Waals surface area contributed by atoms with E-state index in [1.165, 1.54) is 64.2 Å². The molecule has 0 spiro atoms. The van der Waals surface area contributed by atoms with Crippen molar-refractivity contribution in [2.45, 2.75) is 103 Å². The Labute approximate surface area is 191 Å². The molecule has 0 bridgehead atoms. The molecule has 0 aliphatic heterocycles. The van der Waals surface area contributed by atoms with Crippen LogP contribution in [0.2, 0.25) is 0 Å². The average Bonchev–Trinajstić information content (AvgIpc) is 2.70. The molecule has 6 nitrogen and oxygen atoms in total. The molecule has 0 saturated carbocycles. The van der Waals surface area contributed by atoms with Crippen molar-refractivity contribution in [3.63, 3.8) is 0 Å². The molecule has 0 aromatic carbocycles. The zero-order valence-electron chi connectivity index (χ0n) is 20.7. The van der Waals surface area contributed by atoms with Crippen molar-refractivity contribution in [2.24, 2.45) is 0 Å². The fraction of sp³-hybridized carbons (Fsp3) is 0.920. The summed E-state index contributed by atoms with van der Waals surface area (Å²) in [6, 6.07) is 0. The van der Waals surface area contributed by atoms with Crippen LogP contribution in [0.15, 0.2) is 0 Å². The fourth-order valence-corrected chi connectivity index (χ4v) is 3.71. The molecule has 1 N–H and O–H groups in total. The van der Waals surface area contributed by atoms with Crippen molar-refractivity contribution < 1.29 is 23.9 Å². The standard InChI is InChI=1S/C25H50N2O4/c1-4-5-6-7-8-9-10-11-12-13-15-21-31-22-16-14-18-24(28)26-19-17-20-27(2,3)23-25(29)30/h4-23H2,1-3H3,(H-,26,28,29,30). The number of carbonyl (C=O) groups excluding carboxylic acids is 2. The van der Waals surface area contributed by atoms with E-state index in [1.807, 2.05) is 14.1 Å². The molecular formula is C25H50N2O4. The van der Waals surface area contributed by atoms with Gasteiger partial charge in [0.1, 0.15) is 6.54 Å². The minimum absolute atomic E-state index is 0.00681. The first-order chi connectivity index (χ1) is 14.9. The highest BCUT2D eigenvalue weighted by Crippen LogP contribution is 2.11. The summed E-state index contributed by atoms with van der Waals surface area (Å²) in [5.74, 6) is -0.977. The molecule has 0 unspecified atom stereocenters. The van der Waals surface area contributed by atoms with E-state index in [9.17, 15) is 14.7 Å². The van der Waals surface area contributed by atoms with Crippen LogP contribution in [0.4, 0.5) is 0 Å². The number of unbranched alkanes of at least 4 members (excludes halogenated alkanes) is 11. The molecule has 0 saturated heterocycles. The molecule has 0 fully saturated rings. The molecule has 0 rings (SSSR count). The van der Waals surface area contributed by atoms with Crippen LogP contribution in [0, 0.1) is 0 Å². The topological polar surface area (TPSA) is 78.5 Å². The minimum atomic E-state index is -1.04. The Morgan fingerprint density at radius 2 is 1.29 bits per heavy atom. The molecule has 0 atom stereocenters. The fourth-order valence-electron chi connectivity index (χ4n) is 3.71. The zero-order valence-corrected chi connectivity index (χ0v) is 20.7. The van der Waals surface area contributed by atoms with Gasteiger partial charge in [-0.25, -0.2) is 0 Å². The summed E-state index contributed by atoms with van der Waals surface area (Å²) < 4.78 is 6.05. The van der Waals surface area contributed by atoms with E-state index in [0.717, 1.165) is 38.9 Å².